The number of hydrogen-bond donors (Lipinski definition) is 1. The maximum absolute atomic E-state index is 13.2. The fourth-order valence-corrected chi connectivity index (χ4v) is 2.47. The maximum atomic E-state index is 13.2. The highest BCUT2D eigenvalue weighted by Crippen LogP contribution is 2.28. The van der Waals surface area contributed by atoms with Crippen LogP contribution in [0.1, 0.15) is 29.6 Å². The Bertz CT molecular complexity index is 928. The lowest BCUT2D eigenvalue weighted by Crippen LogP contribution is -2.14. The van der Waals surface area contributed by atoms with E-state index in [0.29, 0.717) is 5.76 Å². The number of hydrogen-bond acceptors (Lipinski definition) is 4. The van der Waals surface area contributed by atoms with Crippen LogP contribution in [0.5, 0.6) is 0 Å². The lowest BCUT2D eigenvalue weighted by Gasteiger charge is -2.06. The van der Waals surface area contributed by atoms with Gasteiger partial charge in [-0.1, -0.05) is 29.8 Å². The van der Waals surface area contributed by atoms with E-state index in [2.05, 4.69) is 10.4 Å². The number of ether oxygens (including phenoxy) is 1. The largest absolute Gasteiger partial charge is 0.458 e. The Morgan fingerprint density at radius 3 is 2.81 bits per heavy atom. The number of nitrogens with zero attached hydrogens (tertiary/aromatic N) is 2. The molecular weight excluding hydrogens is 356 g/mol. The van der Waals surface area contributed by atoms with Crippen LogP contribution in [0.3, 0.4) is 0 Å². The van der Waals surface area contributed by atoms with Gasteiger partial charge in [0.15, 0.2) is 11.6 Å². The van der Waals surface area contributed by atoms with Crippen molar-refractivity contribution in [2.24, 2.45) is 0 Å². The first-order valence-electron chi connectivity index (χ1n) is 8.29. The van der Waals surface area contributed by atoms with Crippen molar-refractivity contribution in [1.29, 1.82) is 0 Å². The molecule has 3 rings (SSSR count). The summed E-state index contributed by atoms with van der Waals surface area (Å²) < 4.78 is 38.1. The molecule has 0 bridgehead atoms. The molecule has 0 aliphatic carbocycles. The zero-order chi connectivity index (χ0) is 19.4. The molecule has 1 amide bonds. The number of nitrogens with one attached hydrogen (secondary N) is 1. The van der Waals surface area contributed by atoms with E-state index in [1.807, 2.05) is 31.2 Å². The van der Waals surface area contributed by atoms with E-state index in [1.54, 1.807) is 12.3 Å². The van der Waals surface area contributed by atoms with E-state index in [1.165, 1.54) is 16.8 Å². The second-order valence-corrected chi connectivity index (χ2v) is 6.24. The molecule has 0 fully saturated rings. The summed E-state index contributed by atoms with van der Waals surface area (Å²) in [5, 5.41) is 6.66. The molecule has 3 aromatic rings. The highest BCUT2D eigenvalue weighted by Gasteiger charge is 2.28. The third kappa shape index (κ3) is 5.16. The van der Waals surface area contributed by atoms with Crippen LogP contribution in [0.25, 0.3) is 0 Å². The fraction of sp³-hybridized carbons (Fsp3) is 0.263. The average molecular weight is 375 g/mol. The predicted octanol–water partition coefficient (Wildman–Crippen LogP) is 4.69. The summed E-state index contributed by atoms with van der Waals surface area (Å²) in [6.45, 7) is 3.04. The standard InChI is InChI=1S/C19H19F2N3O3/c1-13-4-3-5-14(10-13)12-26-18(25)22-17-8-9-24(23-17)11-15-6-7-16(27-15)19(2,20)21/h3-10H,11-12H2,1-2H3,(H,22,23,25). The summed E-state index contributed by atoms with van der Waals surface area (Å²) in [7, 11) is 0. The summed E-state index contributed by atoms with van der Waals surface area (Å²) >= 11 is 0. The van der Waals surface area contributed by atoms with Gasteiger partial charge in [-0.15, -0.1) is 0 Å². The third-order valence-corrected chi connectivity index (χ3v) is 3.74. The number of aromatic nitrogens is 2. The molecule has 0 atom stereocenters. The van der Waals surface area contributed by atoms with Crippen LogP contribution >= 0.6 is 0 Å². The molecule has 0 unspecified atom stereocenters. The number of carbonyl (C=O) groups is 1. The van der Waals surface area contributed by atoms with Crippen molar-refractivity contribution in [2.75, 3.05) is 5.32 Å². The van der Waals surface area contributed by atoms with Gasteiger partial charge in [-0.05, 0) is 24.6 Å². The van der Waals surface area contributed by atoms with E-state index < -0.39 is 17.8 Å². The first-order chi connectivity index (χ1) is 12.8. The summed E-state index contributed by atoms with van der Waals surface area (Å²) in [5.41, 5.74) is 1.97. The van der Waals surface area contributed by atoms with E-state index in [0.717, 1.165) is 18.1 Å². The summed E-state index contributed by atoms with van der Waals surface area (Å²) in [6.07, 6.45) is 0.968. The normalized spacial score (nSPS) is 11.4. The zero-order valence-electron chi connectivity index (χ0n) is 14.9. The number of alkyl halides is 2. The van der Waals surface area contributed by atoms with Gasteiger partial charge in [0.2, 0.25) is 0 Å². The zero-order valence-corrected chi connectivity index (χ0v) is 14.9. The monoisotopic (exact) mass is 375 g/mol. The highest BCUT2D eigenvalue weighted by molar-refractivity contribution is 5.83. The Kier molecular flexibility index (Phi) is 5.25. The van der Waals surface area contributed by atoms with Gasteiger partial charge in [0.05, 0.1) is 6.54 Å². The number of anilines is 1. The minimum absolute atomic E-state index is 0.147. The number of rotatable bonds is 6. The minimum atomic E-state index is -3.03. The van der Waals surface area contributed by atoms with Crippen molar-refractivity contribution in [1.82, 2.24) is 9.78 Å². The van der Waals surface area contributed by atoms with Crippen LogP contribution in [-0.4, -0.2) is 15.9 Å². The quantitative estimate of drug-likeness (QED) is 0.678. The second kappa shape index (κ2) is 7.61. The van der Waals surface area contributed by atoms with Crippen molar-refractivity contribution in [2.45, 2.75) is 32.9 Å². The van der Waals surface area contributed by atoms with Crippen LogP contribution in [0.4, 0.5) is 19.4 Å². The second-order valence-electron chi connectivity index (χ2n) is 6.24. The molecule has 142 valence electrons. The molecule has 1 N–H and O–H groups in total. The van der Waals surface area contributed by atoms with Gasteiger partial charge >= 0.3 is 12.0 Å². The predicted molar refractivity (Wildman–Crippen MR) is 94.6 cm³/mol. The van der Waals surface area contributed by atoms with Crippen LogP contribution in [0.2, 0.25) is 0 Å². The minimum Gasteiger partial charge on any atom is -0.458 e. The Labute approximate surface area is 154 Å². The Balaban J connectivity index is 1.53. The van der Waals surface area contributed by atoms with Gasteiger partial charge in [0.1, 0.15) is 12.4 Å². The average Bonchev–Trinajstić information content (AvgIpc) is 3.23. The van der Waals surface area contributed by atoms with Crippen LogP contribution in [0, 0.1) is 6.92 Å². The number of benzene rings is 1. The topological polar surface area (TPSA) is 69.3 Å². The van der Waals surface area contributed by atoms with Gasteiger partial charge < -0.3 is 9.15 Å². The van der Waals surface area contributed by atoms with Crippen molar-refractivity contribution in [3.63, 3.8) is 0 Å². The Hall–Kier alpha value is -3.16. The number of halogens is 2. The molecule has 0 spiro atoms. The van der Waals surface area contributed by atoms with E-state index in [4.69, 9.17) is 9.15 Å². The molecule has 0 saturated heterocycles. The molecule has 6 nitrogen and oxygen atoms in total. The van der Waals surface area contributed by atoms with Gasteiger partial charge in [-0.3, -0.25) is 10.00 Å². The smallest absolute Gasteiger partial charge is 0.413 e. The lowest BCUT2D eigenvalue weighted by atomic mass is 10.1. The molecule has 8 heteroatoms. The van der Waals surface area contributed by atoms with Crippen molar-refractivity contribution < 1.29 is 22.7 Å². The number of aryl methyl sites for hydroxylation is 1. The van der Waals surface area contributed by atoms with E-state index >= 15 is 0 Å². The fourth-order valence-electron chi connectivity index (χ4n) is 2.47. The molecule has 0 aliphatic heterocycles. The first-order valence-corrected chi connectivity index (χ1v) is 8.29. The number of furan rings is 1. The van der Waals surface area contributed by atoms with E-state index in [9.17, 15) is 13.6 Å². The van der Waals surface area contributed by atoms with Crippen molar-refractivity contribution >= 4 is 11.9 Å². The molecular formula is C19H19F2N3O3. The number of amides is 1. The van der Waals surface area contributed by atoms with E-state index in [-0.39, 0.29) is 19.0 Å². The van der Waals surface area contributed by atoms with Gasteiger partial charge in [0.25, 0.3) is 0 Å². The Morgan fingerprint density at radius 2 is 2.11 bits per heavy atom. The molecule has 27 heavy (non-hydrogen) atoms. The lowest BCUT2D eigenvalue weighted by molar-refractivity contribution is -0.00636. The first kappa shape index (κ1) is 18.6. The molecule has 0 saturated carbocycles. The van der Waals surface area contributed by atoms with Gasteiger partial charge in [-0.2, -0.15) is 13.9 Å². The van der Waals surface area contributed by atoms with Crippen LogP contribution < -0.4 is 5.32 Å². The summed E-state index contributed by atoms with van der Waals surface area (Å²) in [6, 6.07) is 11.9. The summed E-state index contributed by atoms with van der Waals surface area (Å²) in [5.74, 6) is -2.81. The highest BCUT2D eigenvalue weighted by atomic mass is 19.3. The van der Waals surface area contributed by atoms with Gasteiger partial charge in [-0.25, -0.2) is 4.79 Å². The molecule has 2 aromatic heterocycles. The third-order valence-electron chi connectivity index (χ3n) is 3.74. The SMILES string of the molecule is Cc1cccc(COC(=O)Nc2ccn(Cc3ccc(C(C)(F)F)o3)n2)c1. The maximum Gasteiger partial charge on any atom is 0.413 e. The molecule has 0 radical (unpaired) electrons. The van der Waals surface area contributed by atoms with Crippen LogP contribution in [-0.2, 0) is 23.8 Å². The van der Waals surface area contributed by atoms with Crippen molar-refractivity contribution in [3.8, 4) is 0 Å². The van der Waals surface area contributed by atoms with Crippen LogP contribution in [0.15, 0.2) is 53.1 Å². The molecule has 1 aromatic carbocycles. The number of carbonyl (C=O) groups excluding carboxylic acids is 1. The summed E-state index contributed by atoms with van der Waals surface area (Å²) in [4.78, 5) is 11.9. The molecule has 2 heterocycles. The Morgan fingerprint density at radius 1 is 1.30 bits per heavy atom. The van der Waals surface area contributed by atoms with Gasteiger partial charge in [0, 0.05) is 19.2 Å². The molecule has 0 aliphatic rings. The van der Waals surface area contributed by atoms with Crippen molar-refractivity contribution in [3.05, 3.63) is 71.3 Å².